The lowest BCUT2D eigenvalue weighted by molar-refractivity contribution is 0.175. The fraction of sp³-hybridized carbons (Fsp3) is 0.400. The molecular formula is C20H20FN3O. The van der Waals surface area contributed by atoms with Crippen LogP contribution in [0.15, 0.2) is 36.4 Å². The molecular weight excluding hydrogens is 317 g/mol. The Hall–Kier alpha value is -2.45. The number of ether oxygens (including phenoxy) is 1. The predicted octanol–water partition coefficient (Wildman–Crippen LogP) is 3.53. The maximum absolute atomic E-state index is 13.9. The highest BCUT2D eigenvalue weighted by Gasteiger charge is 2.44. The maximum atomic E-state index is 13.9. The summed E-state index contributed by atoms with van der Waals surface area (Å²) in [5.41, 5.74) is 2.28. The molecule has 1 unspecified atom stereocenters. The third kappa shape index (κ3) is 3.22. The van der Waals surface area contributed by atoms with Crippen LogP contribution in [0, 0.1) is 22.6 Å². The Kier molecular flexibility index (Phi) is 4.14. The van der Waals surface area contributed by atoms with Gasteiger partial charge < -0.3 is 10.1 Å². The minimum atomic E-state index is -0.426. The average molecular weight is 337 g/mol. The largest absolute Gasteiger partial charge is 0.473 e. The minimum Gasteiger partial charge on any atom is -0.473 e. The van der Waals surface area contributed by atoms with Crippen molar-refractivity contribution in [2.24, 2.45) is 5.41 Å². The summed E-state index contributed by atoms with van der Waals surface area (Å²) < 4.78 is 19.6. The lowest BCUT2D eigenvalue weighted by Gasteiger charge is -2.39. The van der Waals surface area contributed by atoms with E-state index in [0.29, 0.717) is 28.3 Å². The molecule has 1 spiro atoms. The molecule has 2 heterocycles. The highest BCUT2D eigenvalue weighted by atomic mass is 19.1. The van der Waals surface area contributed by atoms with Crippen LogP contribution in [0.5, 0.6) is 5.88 Å². The van der Waals surface area contributed by atoms with Gasteiger partial charge >= 0.3 is 0 Å². The summed E-state index contributed by atoms with van der Waals surface area (Å²) in [5.74, 6) is 0.580. The van der Waals surface area contributed by atoms with E-state index in [4.69, 9.17) is 10.00 Å². The highest BCUT2D eigenvalue weighted by Crippen LogP contribution is 2.48. The van der Waals surface area contributed by atoms with E-state index in [1.807, 2.05) is 12.1 Å². The van der Waals surface area contributed by atoms with Crippen molar-refractivity contribution in [3.63, 3.8) is 0 Å². The SMILES string of the molecule is N#Cc1ccc(COc2cccc(C3CCC4(CNC4)C3)n2)c(F)c1. The quantitative estimate of drug-likeness (QED) is 0.927. The molecule has 128 valence electrons. The Morgan fingerprint density at radius 1 is 1.32 bits per heavy atom. The van der Waals surface area contributed by atoms with Crippen molar-refractivity contribution >= 4 is 0 Å². The van der Waals surface area contributed by atoms with Crippen LogP contribution in [-0.4, -0.2) is 18.1 Å². The number of rotatable bonds is 4. The maximum Gasteiger partial charge on any atom is 0.213 e. The highest BCUT2D eigenvalue weighted by molar-refractivity contribution is 5.33. The smallest absolute Gasteiger partial charge is 0.213 e. The van der Waals surface area contributed by atoms with E-state index < -0.39 is 5.82 Å². The summed E-state index contributed by atoms with van der Waals surface area (Å²) >= 11 is 0. The zero-order chi connectivity index (χ0) is 17.3. The van der Waals surface area contributed by atoms with Gasteiger partial charge in [0, 0.05) is 36.3 Å². The first-order valence-electron chi connectivity index (χ1n) is 8.66. The van der Waals surface area contributed by atoms with Gasteiger partial charge in [-0.2, -0.15) is 5.26 Å². The van der Waals surface area contributed by atoms with Crippen LogP contribution in [0.4, 0.5) is 4.39 Å². The number of hydrogen-bond acceptors (Lipinski definition) is 4. The Labute approximate surface area is 146 Å². The molecule has 1 aliphatic carbocycles. The van der Waals surface area contributed by atoms with Gasteiger partial charge in [-0.15, -0.1) is 0 Å². The summed E-state index contributed by atoms with van der Waals surface area (Å²) in [7, 11) is 0. The predicted molar refractivity (Wildman–Crippen MR) is 91.6 cm³/mol. The van der Waals surface area contributed by atoms with Crippen molar-refractivity contribution in [1.82, 2.24) is 10.3 Å². The number of pyridine rings is 1. The van der Waals surface area contributed by atoms with E-state index in [0.717, 1.165) is 18.8 Å². The van der Waals surface area contributed by atoms with E-state index in [1.165, 1.54) is 25.3 Å². The summed E-state index contributed by atoms with van der Waals surface area (Å²) in [6.07, 6.45) is 3.61. The normalized spacial score (nSPS) is 20.9. The van der Waals surface area contributed by atoms with Crippen LogP contribution in [0.2, 0.25) is 0 Å². The second-order valence-electron chi connectivity index (χ2n) is 7.15. The minimum absolute atomic E-state index is 0.104. The molecule has 2 aliphatic rings. The molecule has 2 fully saturated rings. The number of hydrogen-bond donors (Lipinski definition) is 1. The molecule has 2 aromatic rings. The van der Waals surface area contributed by atoms with Crippen LogP contribution in [0.3, 0.4) is 0 Å². The fourth-order valence-corrected chi connectivity index (χ4v) is 3.88. The van der Waals surface area contributed by atoms with E-state index in [1.54, 1.807) is 18.2 Å². The van der Waals surface area contributed by atoms with E-state index in [-0.39, 0.29) is 6.61 Å². The third-order valence-electron chi connectivity index (χ3n) is 5.42. The Bertz CT molecular complexity index is 826. The Morgan fingerprint density at radius 3 is 2.88 bits per heavy atom. The van der Waals surface area contributed by atoms with Gasteiger partial charge in [0.2, 0.25) is 5.88 Å². The number of nitriles is 1. The molecule has 1 aliphatic heterocycles. The molecule has 4 rings (SSSR count). The van der Waals surface area contributed by atoms with Gasteiger partial charge in [0.1, 0.15) is 12.4 Å². The second kappa shape index (κ2) is 6.45. The first kappa shape index (κ1) is 16.0. The van der Waals surface area contributed by atoms with Crippen LogP contribution in [-0.2, 0) is 6.61 Å². The van der Waals surface area contributed by atoms with Crippen molar-refractivity contribution in [1.29, 1.82) is 5.26 Å². The van der Waals surface area contributed by atoms with Gasteiger partial charge in [-0.3, -0.25) is 0 Å². The number of halogens is 1. The van der Waals surface area contributed by atoms with Gasteiger partial charge in [0.25, 0.3) is 0 Å². The number of aromatic nitrogens is 1. The first-order chi connectivity index (χ1) is 12.2. The topological polar surface area (TPSA) is 57.9 Å². The van der Waals surface area contributed by atoms with Gasteiger partial charge in [0.15, 0.2) is 0 Å². The molecule has 1 N–H and O–H groups in total. The zero-order valence-electron chi connectivity index (χ0n) is 14.0. The number of nitrogens with zero attached hydrogens (tertiary/aromatic N) is 2. The van der Waals surface area contributed by atoms with E-state index in [9.17, 15) is 4.39 Å². The lowest BCUT2D eigenvalue weighted by atomic mass is 9.79. The molecule has 1 atom stereocenters. The molecule has 0 bridgehead atoms. The monoisotopic (exact) mass is 337 g/mol. The summed E-state index contributed by atoms with van der Waals surface area (Å²) in [6.45, 7) is 2.35. The molecule has 1 aromatic heterocycles. The standard InChI is InChI=1S/C20H20FN3O/c21-17-8-14(10-22)4-5-16(17)11-25-19-3-1-2-18(24-19)15-6-7-20(9-15)12-23-13-20/h1-5,8,15,23H,6-7,9,11-13H2. The van der Waals surface area contributed by atoms with Crippen molar-refractivity contribution < 1.29 is 9.13 Å². The van der Waals surface area contributed by atoms with Crippen molar-refractivity contribution in [2.45, 2.75) is 31.8 Å². The van der Waals surface area contributed by atoms with Crippen LogP contribution < -0.4 is 10.1 Å². The van der Waals surface area contributed by atoms with Crippen LogP contribution in [0.1, 0.15) is 42.0 Å². The van der Waals surface area contributed by atoms with Crippen LogP contribution in [0.25, 0.3) is 0 Å². The number of nitrogens with one attached hydrogen (secondary N) is 1. The third-order valence-corrected chi connectivity index (χ3v) is 5.42. The summed E-state index contributed by atoms with van der Waals surface area (Å²) in [4.78, 5) is 4.64. The Morgan fingerprint density at radius 2 is 2.20 bits per heavy atom. The Balaban J connectivity index is 1.43. The number of benzene rings is 1. The van der Waals surface area contributed by atoms with Gasteiger partial charge in [-0.25, -0.2) is 9.37 Å². The molecule has 5 heteroatoms. The lowest BCUT2D eigenvalue weighted by Crippen LogP contribution is -2.51. The van der Waals surface area contributed by atoms with Gasteiger partial charge in [-0.1, -0.05) is 12.1 Å². The molecule has 1 aromatic carbocycles. The molecule has 0 radical (unpaired) electrons. The molecule has 0 amide bonds. The first-order valence-corrected chi connectivity index (χ1v) is 8.66. The summed E-state index contributed by atoms with van der Waals surface area (Å²) in [5, 5.41) is 12.2. The van der Waals surface area contributed by atoms with E-state index in [2.05, 4.69) is 16.4 Å². The fourth-order valence-electron chi connectivity index (χ4n) is 3.88. The molecule has 1 saturated heterocycles. The molecule has 25 heavy (non-hydrogen) atoms. The van der Waals surface area contributed by atoms with Gasteiger partial charge in [0.05, 0.1) is 11.6 Å². The van der Waals surface area contributed by atoms with Crippen molar-refractivity contribution in [2.75, 3.05) is 13.1 Å². The average Bonchev–Trinajstić information content (AvgIpc) is 3.07. The van der Waals surface area contributed by atoms with Gasteiger partial charge in [-0.05, 0) is 42.9 Å². The zero-order valence-corrected chi connectivity index (χ0v) is 14.0. The van der Waals surface area contributed by atoms with Crippen molar-refractivity contribution in [3.05, 3.63) is 59.0 Å². The molecule has 4 nitrogen and oxygen atoms in total. The second-order valence-corrected chi connectivity index (χ2v) is 7.15. The molecule has 1 saturated carbocycles. The van der Waals surface area contributed by atoms with Crippen LogP contribution >= 0.6 is 0 Å². The van der Waals surface area contributed by atoms with E-state index >= 15 is 0 Å². The van der Waals surface area contributed by atoms with Crippen molar-refractivity contribution in [3.8, 4) is 11.9 Å². The summed E-state index contributed by atoms with van der Waals surface area (Å²) in [6, 6.07) is 12.2.